The zero-order valence-corrected chi connectivity index (χ0v) is 12.8. The normalized spacial score (nSPS) is 18.3. The second-order valence-corrected chi connectivity index (χ2v) is 5.89. The Morgan fingerprint density at radius 1 is 1.04 bits per heavy atom. The maximum atomic E-state index is 5.89. The molecule has 1 aliphatic rings. The van der Waals surface area contributed by atoms with Gasteiger partial charge in [0, 0.05) is 31.0 Å². The number of hydrogen-bond acceptors (Lipinski definition) is 5. The van der Waals surface area contributed by atoms with Gasteiger partial charge in [-0.15, -0.1) is 10.2 Å². The predicted octanol–water partition coefficient (Wildman–Crippen LogP) is 3.12. The van der Waals surface area contributed by atoms with E-state index < -0.39 is 0 Å². The van der Waals surface area contributed by atoms with Gasteiger partial charge in [0.2, 0.25) is 11.8 Å². The van der Waals surface area contributed by atoms with E-state index in [1.54, 1.807) is 0 Å². The molecule has 0 N–H and O–H groups in total. The van der Waals surface area contributed by atoms with Crippen LogP contribution in [0, 0.1) is 0 Å². The summed E-state index contributed by atoms with van der Waals surface area (Å²) in [7, 11) is 0. The molecule has 0 amide bonds. The largest absolute Gasteiger partial charge is 0.420 e. The summed E-state index contributed by atoms with van der Waals surface area (Å²) in [5.74, 6) is 1.68. The number of pyridine rings is 1. The SMILES string of the molecule is c1ccc(-c2nnc([C@H]3CCN(Cc4ccncc4)C3)o2)cc1. The molecule has 3 aromatic rings. The summed E-state index contributed by atoms with van der Waals surface area (Å²) < 4.78 is 5.89. The Bertz CT molecular complexity index is 757. The van der Waals surface area contributed by atoms with Crippen LogP contribution in [0.3, 0.4) is 0 Å². The van der Waals surface area contributed by atoms with E-state index in [0.29, 0.717) is 11.8 Å². The number of hydrogen-bond donors (Lipinski definition) is 0. The van der Waals surface area contributed by atoms with E-state index in [0.717, 1.165) is 37.5 Å². The molecule has 23 heavy (non-hydrogen) atoms. The minimum atomic E-state index is 0.321. The second kappa shape index (κ2) is 6.30. The van der Waals surface area contributed by atoms with Gasteiger partial charge in [0.05, 0.1) is 5.92 Å². The molecule has 4 rings (SSSR count). The highest BCUT2D eigenvalue weighted by molar-refractivity contribution is 5.51. The Morgan fingerprint density at radius 3 is 2.70 bits per heavy atom. The van der Waals surface area contributed by atoms with E-state index in [4.69, 9.17) is 4.42 Å². The van der Waals surface area contributed by atoms with Crippen LogP contribution < -0.4 is 0 Å². The molecular formula is C18H18N4O. The van der Waals surface area contributed by atoms with Crippen molar-refractivity contribution in [3.8, 4) is 11.5 Å². The van der Waals surface area contributed by atoms with Crippen molar-refractivity contribution >= 4 is 0 Å². The summed E-state index contributed by atoms with van der Waals surface area (Å²) >= 11 is 0. The Labute approximate surface area is 135 Å². The Hall–Kier alpha value is -2.53. The fourth-order valence-electron chi connectivity index (χ4n) is 3.02. The predicted molar refractivity (Wildman–Crippen MR) is 86.6 cm³/mol. The first-order chi connectivity index (χ1) is 11.4. The first-order valence-corrected chi connectivity index (χ1v) is 7.88. The number of nitrogens with zero attached hydrogens (tertiary/aromatic N) is 4. The summed E-state index contributed by atoms with van der Waals surface area (Å²) in [4.78, 5) is 6.49. The van der Waals surface area contributed by atoms with Gasteiger partial charge in [-0.2, -0.15) is 0 Å². The summed E-state index contributed by atoms with van der Waals surface area (Å²) in [5.41, 5.74) is 2.26. The molecule has 0 aliphatic carbocycles. The molecule has 1 aliphatic heterocycles. The van der Waals surface area contributed by atoms with Gasteiger partial charge in [0.25, 0.3) is 0 Å². The van der Waals surface area contributed by atoms with Crippen molar-refractivity contribution in [1.82, 2.24) is 20.1 Å². The van der Waals surface area contributed by atoms with E-state index in [1.165, 1.54) is 5.56 Å². The number of benzene rings is 1. The van der Waals surface area contributed by atoms with Gasteiger partial charge in [-0.1, -0.05) is 18.2 Å². The average molecular weight is 306 g/mol. The monoisotopic (exact) mass is 306 g/mol. The molecule has 1 saturated heterocycles. The zero-order chi connectivity index (χ0) is 15.5. The molecule has 1 atom stereocenters. The van der Waals surface area contributed by atoms with Crippen LogP contribution in [0.5, 0.6) is 0 Å². The Balaban J connectivity index is 1.43. The molecule has 5 nitrogen and oxygen atoms in total. The van der Waals surface area contributed by atoms with Crippen LogP contribution in [-0.2, 0) is 6.54 Å². The Morgan fingerprint density at radius 2 is 1.87 bits per heavy atom. The van der Waals surface area contributed by atoms with Crippen LogP contribution in [0.25, 0.3) is 11.5 Å². The molecule has 0 radical (unpaired) electrons. The minimum absolute atomic E-state index is 0.321. The van der Waals surface area contributed by atoms with E-state index in [-0.39, 0.29) is 0 Å². The quantitative estimate of drug-likeness (QED) is 0.741. The maximum absolute atomic E-state index is 5.89. The van der Waals surface area contributed by atoms with Gasteiger partial charge in [-0.3, -0.25) is 9.88 Å². The highest BCUT2D eigenvalue weighted by Crippen LogP contribution is 2.29. The third kappa shape index (κ3) is 3.14. The summed E-state index contributed by atoms with van der Waals surface area (Å²) in [6.07, 6.45) is 4.74. The van der Waals surface area contributed by atoms with Crippen LogP contribution >= 0.6 is 0 Å². The highest BCUT2D eigenvalue weighted by atomic mass is 16.4. The first-order valence-electron chi connectivity index (χ1n) is 7.88. The van der Waals surface area contributed by atoms with Gasteiger partial charge in [-0.05, 0) is 42.8 Å². The third-order valence-electron chi connectivity index (χ3n) is 4.24. The van der Waals surface area contributed by atoms with Crippen molar-refractivity contribution in [3.05, 3.63) is 66.3 Å². The summed E-state index contributed by atoms with van der Waals surface area (Å²) in [6.45, 7) is 2.95. The number of aromatic nitrogens is 3. The molecule has 5 heteroatoms. The van der Waals surface area contributed by atoms with Crippen molar-refractivity contribution in [3.63, 3.8) is 0 Å². The first kappa shape index (κ1) is 14.1. The van der Waals surface area contributed by atoms with E-state index in [1.807, 2.05) is 42.7 Å². The van der Waals surface area contributed by atoms with Crippen molar-refractivity contribution in [2.45, 2.75) is 18.9 Å². The molecule has 0 unspecified atom stereocenters. The zero-order valence-electron chi connectivity index (χ0n) is 12.8. The minimum Gasteiger partial charge on any atom is -0.420 e. The van der Waals surface area contributed by atoms with Crippen molar-refractivity contribution in [1.29, 1.82) is 0 Å². The van der Waals surface area contributed by atoms with Gasteiger partial charge in [0.15, 0.2) is 0 Å². The molecule has 3 heterocycles. The van der Waals surface area contributed by atoms with E-state index in [2.05, 4.69) is 32.2 Å². The molecule has 0 spiro atoms. The van der Waals surface area contributed by atoms with Crippen LogP contribution in [0.15, 0.2) is 59.3 Å². The lowest BCUT2D eigenvalue weighted by atomic mass is 10.1. The maximum Gasteiger partial charge on any atom is 0.247 e. The van der Waals surface area contributed by atoms with Crippen LogP contribution in [0.4, 0.5) is 0 Å². The fourth-order valence-corrected chi connectivity index (χ4v) is 3.02. The molecule has 116 valence electrons. The molecule has 1 aromatic carbocycles. The lowest BCUT2D eigenvalue weighted by molar-refractivity contribution is 0.320. The lowest BCUT2D eigenvalue weighted by Gasteiger charge is -2.14. The second-order valence-electron chi connectivity index (χ2n) is 5.89. The Kier molecular flexibility index (Phi) is 3.86. The smallest absolute Gasteiger partial charge is 0.247 e. The van der Waals surface area contributed by atoms with Crippen LogP contribution in [0.2, 0.25) is 0 Å². The molecular weight excluding hydrogens is 288 g/mol. The van der Waals surface area contributed by atoms with Gasteiger partial charge in [-0.25, -0.2) is 0 Å². The van der Waals surface area contributed by atoms with Crippen molar-refractivity contribution < 1.29 is 4.42 Å². The molecule has 0 saturated carbocycles. The topological polar surface area (TPSA) is 55.1 Å². The van der Waals surface area contributed by atoms with E-state index >= 15 is 0 Å². The summed E-state index contributed by atoms with van der Waals surface area (Å²) in [5, 5.41) is 8.46. The van der Waals surface area contributed by atoms with Crippen molar-refractivity contribution in [2.75, 3.05) is 13.1 Å². The van der Waals surface area contributed by atoms with Gasteiger partial charge < -0.3 is 4.42 Å². The van der Waals surface area contributed by atoms with Crippen LogP contribution in [-0.4, -0.2) is 33.2 Å². The number of likely N-dealkylation sites (tertiary alicyclic amines) is 1. The fraction of sp³-hybridized carbons (Fsp3) is 0.278. The van der Waals surface area contributed by atoms with Gasteiger partial charge in [0.1, 0.15) is 0 Å². The molecule has 2 aromatic heterocycles. The van der Waals surface area contributed by atoms with Crippen LogP contribution in [0.1, 0.15) is 23.8 Å². The molecule has 1 fully saturated rings. The number of rotatable bonds is 4. The average Bonchev–Trinajstić information content (AvgIpc) is 3.26. The lowest BCUT2D eigenvalue weighted by Crippen LogP contribution is -2.19. The standard InChI is InChI=1S/C18H18N4O/c1-2-4-15(5-3-1)17-20-21-18(23-17)16-8-11-22(13-16)12-14-6-9-19-10-7-14/h1-7,9-10,16H,8,11-13H2/t16-/m0/s1. The van der Waals surface area contributed by atoms with Crippen molar-refractivity contribution in [2.24, 2.45) is 0 Å². The van der Waals surface area contributed by atoms with E-state index in [9.17, 15) is 0 Å². The highest BCUT2D eigenvalue weighted by Gasteiger charge is 2.28. The van der Waals surface area contributed by atoms with Gasteiger partial charge >= 0.3 is 0 Å². The third-order valence-corrected chi connectivity index (χ3v) is 4.24. The molecule has 0 bridgehead atoms. The summed E-state index contributed by atoms with van der Waals surface area (Å²) in [6, 6.07) is 14.0.